The minimum absolute atomic E-state index is 0.0906. The molecule has 6 rings (SSSR count). The number of carbonyl (C=O) groups excluding carboxylic acids is 1. The molecule has 5 nitrogen and oxygen atoms in total. The van der Waals surface area contributed by atoms with Gasteiger partial charge in [0.1, 0.15) is 23.3 Å². The van der Waals surface area contributed by atoms with Crippen LogP contribution in [0.1, 0.15) is 28.6 Å². The third-order valence-corrected chi connectivity index (χ3v) is 6.83. The van der Waals surface area contributed by atoms with Gasteiger partial charge in [-0.05, 0) is 41.1 Å². The van der Waals surface area contributed by atoms with Crippen molar-refractivity contribution in [2.75, 3.05) is 13.2 Å². The molecule has 2 aromatic heterocycles. The molecule has 1 aliphatic heterocycles. The summed E-state index contributed by atoms with van der Waals surface area (Å²) in [6.45, 7) is -0.0739. The van der Waals surface area contributed by atoms with E-state index in [1.165, 1.54) is 21.6 Å². The molecule has 1 unspecified atom stereocenters. The van der Waals surface area contributed by atoms with E-state index in [1.807, 2.05) is 36.4 Å². The summed E-state index contributed by atoms with van der Waals surface area (Å²) in [7, 11) is 0. The van der Waals surface area contributed by atoms with Crippen LogP contribution in [0, 0.1) is 5.82 Å². The van der Waals surface area contributed by atoms with Crippen LogP contribution >= 0.6 is 0 Å². The number of carbonyl (C=O) groups is 1. The molecule has 0 saturated carbocycles. The molecule has 0 saturated heterocycles. The van der Waals surface area contributed by atoms with Crippen molar-refractivity contribution < 1.29 is 27.1 Å². The maximum Gasteiger partial charge on any atom is 0.416 e. The van der Waals surface area contributed by atoms with Crippen molar-refractivity contribution in [3.63, 3.8) is 0 Å². The standard InChI is InChI=1S/C29H21F4N3O2/c30-23-8-4-3-7-22(23)27-28-24(34-25-16-20(29(31,32)33)11-13-35(25)28)12-14-36(27)26(37)17-38-21-10-9-18-5-1-2-6-19(18)15-21/h1-11,13,15-16,27H,12,14,17H2. The van der Waals surface area contributed by atoms with E-state index in [9.17, 15) is 18.0 Å². The smallest absolute Gasteiger partial charge is 0.416 e. The molecule has 0 bridgehead atoms. The second-order valence-corrected chi connectivity index (χ2v) is 9.14. The highest BCUT2D eigenvalue weighted by Gasteiger charge is 2.38. The van der Waals surface area contributed by atoms with Gasteiger partial charge in [-0.2, -0.15) is 13.2 Å². The highest BCUT2D eigenvalue weighted by molar-refractivity contribution is 5.84. The molecule has 0 fully saturated rings. The summed E-state index contributed by atoms with van der Waals surface area (Å²) in [5.41, 5.74) is 0.481. The Hall–Kier alpha value is -4.40. The van der Waals surface area contributed by atoms with Crippen LogP contribution in [-0.4, -0.2) is 33.3 Å². The minimum Gasteiger partial charge on any atom is -0.484 e. The molecule has 3 aromatic carbocycles. The monoisotopic (exact) mass is 519 g/mol. The van der Waals surface area contributed by atoms with Crippen molar-refractivity contribution in [1.29, 1.82) is 0 Å². The third kappa shape index (κ3) is 4.23. The number of fused-ring (bicyclic) bond motifs is 4. The molecule has 0 aliphatic carbocycles. The number of hydrogen-bond acceptors (Lipinski definition) is 3. The third-order valence-electron chi connectivity index (χ3n) is 6.83. The summed E-state index contributed by atoms with van der Waals surface area (Å²) in [5.74, 6) is -0.383. The van der Waals surface area contributed by atoms with Gasteiger partial charge in [0.15, 0.2) is 6.61 Å². The maximum atomic E-state index is 15.1. The van der Waals surface area contributed by atoms with Crippen LogP contribution in [0.25, 0.3) is 16.4 Å². The summed E-state index contributed by atoms with van der Waals surface area (Å²) in [6.07, 6.45) is -2.94. The van der Waals surface area contributed by atoms with Crippen LogP contribution in [0.4, 0.5) is 17.6 Å². The summed E-state index contributed by atoms with van der Waals surface area (Å²) in [5, 5.41) is 2.00. The quantitative estimate of drug-likeness (QED) is 0.266. The summed E-state index contributed by atoms with van der Waals surface area (Å²) >= 11 is 0. The number of amides is 1. The van der Waals surface area contributed by atoms with E-state index in [4.69, 9.17) is 4.74 Å². The zero-order chi connectivity index (χ0) is 26.4. The van der Waals surface area contributed by atoms with Crippen LogP contribution in [0.15, 0.2) is 85.1 Å². The lowest BCUT2D eigenvalue weighted by molar-refractivity contribution is -0.137. The number of benzene rings is 3. The van der Waals surface area contributed by atoms with Crippen LogP contribution in [0.3, 0.4) is 0 Å². The SMILES string of the molecule is O=C(COc1ccc2ccccc2c1)N1CCc2nc3cc(C(F)(F)F)ccn3c2C1c1ccccc1F. The average molecular weight is 519 g/mol. The van der Waals surface area contributed by atoms with E-state index in [2.05, 4.69) is 4.98 Å². The Kier molecular flexibility index (Phi) is 5.78. The molecule has 0 radical (unpaired) electrons. The van der Waals surface area contributed by atoms with Crippen LogP contribution in [0.2, 0.25) is 0 Å². The van der Waals surface area contributed by atoms with Crippen molar-refractivity contribution >= 4 is 22.3 Å². The van der Waals surface area contributed by atoms with Crippen molar-refractivity contribution in [2.24, 2.45) is 0 Å². The lowest BCUT2D eigenvalue weighted by atomic mass is 9.95. The Bertz CT molecular complexity index is 1680. The summed E-state index contributed by atoms with van der Waals surface area (Å²) in [6, 6.07) is 20.4. The lowest BCUT2D eigenvalue weighted by Gasteiger charge is -2.36. The van der Waals surface area contributed by atoms with E-state index >= 15 is 4.39 Å². The number of halogens is 4. The number of hydrogen-bond donors (Lipinski definition) is 0. The van der Waals surface area contributed by atoms with Gasteiger partial charge in [0.2, 0.25) is 0 Å². The molecule has 1 amide bonds. The number of nitrogens with zero attached hydrogens (tertiary/aromatic N) is 3. The van der Waals surface area contributed by atoms with Crippen LogP contribution in [-0.2, 0) is 17.4 Å². The molecule has 1 atom stereocenters. The molecule has 192 valence electrons. The predicted octanol–water partition coefficient (Wildman–Crippen LogP) is 6.20. The molecular formula is C29H21F4N3O2. The zero-order valence-corrected chi connectivity index (χ0v) is 20.0. The first-order valence-corrected chi connectivity index (χ1v) is 12.0. The van der Waals surface area contributed by atoms with Gasteiger partial charge in [-0.15, -0.1) is 0 Å². The van der Waals surface area contributed by atoms with Gasteiger partial charge >= 0.3 is 6.18 Å². The van der Waals surface area contributed by atoms with Gasteiger partial charge in [0.25, 0.3) is 5.91 Å². The Balaban J connectivity index is 1.36. The normalized spacial score (nSPS) is 15.6. The first-order chi connectivity index (χ1) is 18.3. The highest BCUT2D eigenvalue weighted by Crippen LogP contribution is 2.38. The van der Waals surface area contributed by atoms with Gasteiger partial charge in [-0.3, -0.25) is 4.79 Å². The fourth-order valence-corrected chi connectivity index (χ4v) is 5.03. The minimum atomic E-state index is -4.53. The summed E-state index contributed by atoms with van der Waals surface area (Å²) in [4.78, 5) is 19.4. The fraction of sp³-hybridized carbons (Fsp3) is 0.172. The predicted molar refractivity (Wildman–Crippen MR) is 133 cm³/mol. The topological polar surface area (TPSA) is 46.8 Å². The number of ether oxygens (including phenoxy) is 1. The van der Waals surface area contributed by atoms with E-state index < -0.39 is 23.6 Å². The highest BCUT2D eigenvalue weighted by atomic mass is 19.4. The van der Waals surface area contributed by atoms with Crippen molar-refractivity contribution in [2.45, 2.75) is 18.6 Å². The number of rotatable bonds is 4. The Morgan fingerprint density at radius 3 is 2.53 bits per heavy atom. The largest absolute Gasteiger partial charge is 0.484 e. The van der Waals surface area contributed by atoms with Gasteiger partial charge in [0.05, 0.1) is 17.0 Å². The average Bonchev–Trinajstić information content (AvgIpc) is 3.29. The van der Waals surface area contributed by atoms with E-state index in [0.717, 1.165) is 22.9 Å². The number of aromatic nitrogens is 2. The van der Waals surface area contributed by atoms with Crippen LogP contribution in [0.5, 0.6) is 5.75 Å². The Morgan fingerprint density at radius 2 is 1.74 bits per heavy atom. The molecular weight excluding hydrogens is 498 g/mol. The molecule has 0 N–H and O–H groups in total. The van der Waals surface area contributed by atoms with Gasteiger partial charge in [-0.25, -0.2) is 9.37 Å². The van der Waals surface area contributed by atoms with Crippen molar-refractivity contribution in [3.05, 3.63) is 113 Å². The first kappa shape index (κ1) is 24.0. The molecule has 9 heteroatoms. The second-order valence-electron chi connectivity index (χ2n) is 9.14. The Labute approximate surface area is 214 Å². The van der Waals surface area contributed by atoms with Crippen molar-refractivity contribution in [1.82, 2.24) is 14.3 Å². The second kappa shape index (κ2) is 9.16. The first-order valence-electron chi connectivity index (χ1n) is 12.0. The molecule has 38 heavy (non-hydrogen) atoms. The fourth-order valence-electron chi connectivity index (χ4n) is 5.03. The lowest BCUT2D eigenvalue weighted by Crippen LogP contribution is -2.43. The number of pyridine rings is 1. The summed E-state index contributed by atoms with van der Waals surface area (Å²) < 4.78 is 62.4. The van der Waals surface area contributed by atoms with E-state index in [0.29, 0.717) is 23.6 Å². The number of imidazole rings is 1. The van der Waals surface area contributed by atoms with Crippen LogP contribution < -0.4 is 4.74 Å². The molecule has 1 aliphatic rings. The molecule has 3 heterocycles. The van der Waals surface area contributed by atoms with Gasteiger partial charge in [-0.1, -0.05) is 48.5 Å². The van der Waals surface area contributed by atoms with Gasteiger partial charge < -0.3 is 14.0 Å². The Morgan fingerprint density at radius 1 is 0.974 bits per heavy atom. The molecule has 0 spiro atoms. The van der Waals surface area contributed by atoms with Crippen molar-refractivity contribution in [3.8, 4) is 5.75 Å². The van der Waals surface area contributed by atoms with E-state index in [1.54, 1.807) is 24.3 Å². The number of alkyl halides is 3. The zero-order valence-electron chi connectivity index (χ0n) is 20.0. The van der Waals surface area contributed by atoms with Gasteiger partial charge in [0, 0.05) is 24.7 Å². The molecule has 5 aromatic rings. The maximum absolute atomic E-state index is 15.1. The van der Waals surface area contributed by atoms with E-state index in [-0.39, 0.29) is 30.3 Å².